The fourth-order valence-corrected chi connectivity index (χ4v) is 3.31. The van der Waals surface area contributed by atoms with Crippen LogP contribution >= 0.6 is 0 Å². The molecule has 1 aromatic heterocycles. The zero-order valence-corrected chi connectivity index (χ0v) is 17.2. The number of aromatic nitrogens is 2. The summed E-state index contributed by atoms with van der Waals surface area (Å²) in [6.07, 6.45) is 2.59. The summed E-state index contributed by atoms with van der Waals surface area (Å²) in [5.41, 5.74) is 1.12. The number of aryl methyl sites for hydroxylation is 1. The van der Waals surface area contributed by atoms with Gasteiger partial charge < -0.3 is 19.5 Å². The van der Waals surface area contributed by atoms with Gasteiger partial charge in [-0.3, -0.25) is 4.79 Å². The molecule has 1 aromatic carbocycles. The molecule has 0 radical (unpaired) electrons. The molecule has 7 nitrogen and oxygen atoms in total. The van der Waals surface area contributed by atoms with Crippen molar-refractivity contribution in [3.8, 4) is 0 Å². The molecule has 0 saturated carbocycles. The van der Waals surface area contributed by atoms with Gasteiger partial charge in [0.1, 0.15) is 11.4 Å². The Morgan fingerprint density at radius 3 is 2.57 bits per heavy atom. The standard InChI is InChI=1S/C21H30N4O3/c1-5-6-7-18-22-17-9-8-15(14-16(17)19(26)23-18)24-10-12-25(13-11-24)20(27)28-21(2,3)4/h8-9,14H,5-7,10-13H2,1-4H3,(H,22,23,26). The van der Waals surface area contributed by atoms with Crippen LogP contribution in [0.25, 0.3) is 10.9 Å². The van der Waals surface area contributed by atoms with Gasteiger partial charge in [0.2, 0.25) is 0 Å². The minimum atomic E-state index is -0.490. The molecule has 0 bridgehead atoms. The molecule has 0 atom stereocenters. The molecule has 28 heavy (non-hydrogen) atoms. The Kier molecular flexibility index (Phi) is 5.91. The number of unbranched alkanes of at least 4 members (excludes halogenated alkanes) is 1. The molecule has 1 fully saturated rings. The van der Waals surface area contributed by atoms with Gasteiger partial charge in [-0.1, -0.05) is 13.3 Å². The molecule has 2 heterocycles. The molecule has 0 aliphatic carbocycles. The zero-order chi connectivity index (χ0) is 20.3. The van der Waals surface area contributed by atoms with Gasteiger partial charge in [0.15, 0.2) is 0 Å². The number of nitrogens with one attached hydrogen (secondary N) is 1. The highest BCUT2D eigenvalue weighted by molar-refractivity contribution is 5.82. The van der Waals surface area contributed by atoms with Crippen LogP contribution < -0.4 is 10.5 Å². The van der Waals surface area contributed by atoms with E-state index in [1.807, 2.05) is 39.0 Å². The summed E-state index contributed by atoms with van der Waals surface area (Å²) in [7, 11) is 0. The van der Waals surface area contributed by atoms with Crippen LogP contribution in [0.15, 0.2) is 23.0 Å². The third kappa shape index (κ3) is 4.82. The van der Waals surface area contributed by atoms with Crippen molar-refractivity contribution in [2.75, 3.05) is 31.1 Å². The number of rotatable bonds is 4. The number of nitrogens with zero attached hydrogens (tertiary/aromatic N) is 3. The first-order valence-corrected chi connectivity index (χ1v) is 10.0. The second kappa shape index (κ2) is 8.20. The van der Waals surface area contributed by atoms with E-state index < -0.39 is 5.60 Å². The van der Waals surface area contributed by atoms with Gasteiger partial charge in [0, 0.05) is 38.3 Å². The highest BCUT2D eigenvalue weighted by Crippen LogP contribution is 2.21. The minimum Gasteiger partial charge on any atom is -0.444 e. The Morgan fingerprint density at radius 2 is 1.93 bits per heavy atom. The van der Waals surface area contributed by atoms with Gasteiger partial charge in [0.25, 0.3) is 5.56 Å². The van der Waals surface area contributed by atoms with Crippen LogP contribution in [0.2, 0.25) is 0 Å². The molecule has 152 valence electrons. The first-order chi connectivity index (χ1) is 13.3. The summed E-state index contributed by atoms with van der Waals surface area (Å²) in [6, 6.07) is 5.81. The number of aromatic amines is 1. The molecule has 1 aliphatic heterocycles. The van der Waals surface area contributed by atoms with Gasteiger partial charge in [-0.25, -0.2) is 9.78 Å². The number of amides is 1. The van der Waals surface area contributed by atoms with E-state index in [1.165, 1.54) is 0 Å². The summed E-state index contributed by atoms with van der Waals surface area (Å²) in [5.74, 6) is 0.748. The van der Waals surface area contributed by atoms with Crippen LogP contribution in [0.3, 0.4) is 0 Å². The van der Waals surface area contributed by atoms with Crippen molar-refractivity contribution >= 4 is 22.7 Å². The molecule has 0 unspecified atom stereocenters. The van der Waals surface area contributed by atoms with E-state index >= 15 is 0 Å². The number of hydrogen-bond acceptors (Lipinski definition) is 5. The molecule has 0 spiro atoms. The number of anilines is 1. The largest absolute Gasteiger partial charge is 0.444 e. The molecular formula is C21H30N4O3. The van der Waals surface area contributed by atoms with Gasteiger partial charge in [-0.2, -0.15) is 0 Å². The van der Waals surface area contributed by atoms with Crippen LogP contribution in [-0.2, 0) is 11.2 Å². The second-order valence-corrected chi connectivity index (χ2v) is 8.27. The smallest absolute Gasteiger partial charge is 0.410 e. The van der Waals surface area contributed by atoms with Crippen molar-refractivity contribution in [1.82, 2.24) is 14.9 Å². The molecule has 1 aliphatic rings. The van der Waals surface area contributed by atoms with E-state index in [0.717, 1.165) is 36.3 Å². The summed E-state index contributed by atoms with van der Waals surface area (Å²) in [6.45, 7) is 10.3. The lowest BCUT2D eigenvalue weighted by atomic mass is 10.1. The van der Waals surface area contributed by atoms with Crippen LogP contribution in [0.4, 0.5) is 10.5 Å². The Morgan fingerprint density at radius 1 is 1.21 bits per heavy atom. The van der Waals surface area contributed by atoms with E-state index in [0.29, 0.717) is 31.6 Å². The van der Waals surface area contributed by atoms with E-state index in [1.54, 1.807) is 4.90 Å². The molecule has 1 N–H and O–H groups in total. The lowest BCUT2D eigenvalue weighted by molar-refractivity contribution is 0.0240. The predicted octanol–water partition coefficient (Wildman–Crippen LogP) is 3.32. The van der Waals surface area contributed by atoms with Crippen LogP contribution in [-0.4, -0.2) is 52.7 Å². The maximum absolute atomic E-state index is 12.5. The molecule has 1 saturated heterocycles. The summed E-state index contributed by atoms with van der Waals surface area (Å²) < 4.78 is 5.45. The van der Waals surface area contributed by atoms with Gasteiger partial charge in [-0.15, -0.1) is 0 Å². The van der Waals surface area contributed by atoms with E-state index in [2.05, 4.69) is 21.8 Å². The monoisotopic (exact) mass is 386 g/mol. The SMILES string of the molecule is CCCCc1nc2ccc(N3CCN(C(=O)OC(C)(C)C)CC3)cc2c(=O)[nH]1. The number of benzene rings is 1. The number of H-pyrrole nitrogens is 1. The average Bonchev–Trinajstić information content (AvgIpc) is 2.65. The Labute approximate surface area is 165 Å². The first kappa shape index (κ1) is 20.2. The van der Waals surface area contributed by atoms with E-state index in [4.69, 9.17) is 4.74 Å². The fraction of sp³-hybridized carbons (Fsp3) is 0.571. The third-order valence-corrected chi connectivity index (χ3v) is 4.80. The third-order valence-electron chi connectivity index (χ3n) is 4.80. The van der Waals surface area contributed by atoms with Gasteiger partial charge in [0.05, 0.1) is 10.9 Å². The predicted molar refractivity (Wildman–Crippen MR) is 111 cm³/mol. The maximum atomic E-state index is 12.5. The van der Waals surface area contributed by atoms with Crippen LogP contribution in [0.5, 0.6) is 0 Å². The number of carbonyl (C=O) groups is 1. The number of piperazine rings is 1. The second-order valence-electron chi connectivity index (χ2n) is 8.27. The molecule has 2 aromatic rings. The molecule has 3 rings (SSSR count). The quantitative estimate of drug-likeness (QED) is 0.872. The van der Waals surface area contributed by atoms with Crippen molar-refractivity contribution in [2.24, 2.45) is 0 Å². The Balaban J connectivity index is 1.70. The average molecular weight is 386 g/mol. The van der Waals surface area contributed by atoms with Crippen molar-refractivity contribution in [3.05, 3.63) is 34.4 Å². The molecular weight excluding hydrogens is 356 g/mol. The lowest BCUT2D eigenvalue weighted by Crippen LogP contribution is -2.50. The number of ether oxygens (including phenoxy) is 1. The molecule has 7 heteroatoms. The van der Waals surface area contributed by atoms with Gasteiger partial charge in [-0.05, 0) is 45.4 Å². The first-order valence-electron chi connectivity index (χ1n) is 10.0. The normalized spacial score (nSPS) is 15.1. The van der Waals surface area contributed by atoms with E-state index in [-0.39, 0.29) is 11.7 Å². The van der Waals surface area contributed by atoms with Crippen molar-refractivity contribution < 1.29 is 9.53 Å². The Hall–Kier alpha value is -2.57. The van der Waals surface area contributed by atoms with Crippen LogP contribution in [0.1, 0.15) is 46.4 Å². The number of hydrogen-bond donors (Lipinski definition) is 1. The minimum absolute atomic E-state index is 0.0923. The van der Waals surface area contributed by atoms with Crippen molar-refractivity contribution in [2.45, 2.75) is 52.6 Å². The van der Waals surface area contributed by atoms with Crippen molar-refractivity contribution in [3.63, 3.8) is 0 Å². The van der Waals surface area contributed by atoms with Gasteiger partial charge >= 0.3 is 6.09 Å². The highest BCUT2D eigenvalue weighted by atomic mass is 16.6. The zero-order valence-electron chi connectivity index (χ0n) is 17.2. The summed E-state index contributed by atoms with van der Waals surface area (Å²) >= 11 is 0. The number of carbonyl (C=O) groups excluding carboxylic acids is 1. The lowest BCUT2D eigenvalue weighted by Gasteiger charge is -2.36. The topological polar surface area (TPSA) is 78.5 Å². The fourth-order valence-electron chi connectivity index (χ4n) is 3.31. The maximum Gasteiger partial charge on any atom is 0.410 e. The number of fused-ring (bicyclic) bond motifs is 1. The molecule has 1 amide bonds. The Bertz CT molecular complexity index is 893. The summed E-state index contributed by atoms with van der Waals surface area (Å²) in [5, 5.41) is 0.604. The van der Waals surface area contributed by atoms with Crippen molar-refractivity contribution in [1.29, 1.82) is 0 Å². The highest BCUT2D eigenvalue weighted by Gasteiger charge is 2.26. The summed E-state index contributed by atoms with van der Waals surface area (Å²) in [4.78, 5) is 36.1. The van der Waals surface area contributed by atoms with E-state index in [9.17, 15) is 9.59 Å². The van der Waals surface area contributed by atoms with Crippen LogP contribution in [0, 0.1) is 0 Å².